The lowest BCUT2D eigenvalue weighted by molar-refractivity contribution is 0.180. The molecule has 0 fully saturated rings. The van der Waals surface area contributed by atoms with Gasteiger partial charge in [-0.15, -0.1) is 0 Å². The Labute approximate surface area is 131 Å². The van der Waals surface area contributed by atoms with Crippen LogP contribution in [0.2, 0.25) is 0 Å². The quantitative estimate of drug-likeness (QED) is 0.758. The van der Waals surface area contributed by atoms with E-state index < -0.39 is 0 Å². The number of nitrogens with two attached hydrogens (primary N) is 1. The molecule has 0 amide bonds. The van der Waals surface area contributed by atoms with Crippen LogP contribution in [0.5, 0.6) is 0 Å². The molecule has 0 saturated carbocycles. The molecule has 1 unspecified atom stereocenters. The molecule has 0 aliphatic carbocycles. The maximum atomic E-state index is 6.14. The van der Waals surface area contributed by atoms with Crippen molar-refractivity contribution in [3.63, 3.8) is 0 Å². The summed E-state index contributed by atoms with van der Waals surface area (Å²) in [5.41, 5.74) is 7.49. The van der Waals surface area contributed by atoms with E-state index in [1.165, 1.54) is 5.56 Å². The Morgan fingerprint density at radius 1 is 1.10 bits per heavy atom. The second-order valence-electron chi connectivity index (χ2n) is 7.06. The van der Waals surface area contributed by atoms with Crippen LogP contribution in [0.4, 0.5) is 0 Å². The Hall–Kier alpha value is -0.900. The van der Waals surface area contributed by atoms with Gasteiger partial charge >= 0.3 is 0 Å². The minimum absolute atomic E-state index is 0.0163. The van der Waals surface area contributed by atoms with Gasteiger partial charge in [-0.05, 0) is 25.6 Å². The van der Waals surface area contributed by atoms with Gasteiger partial charge in [0.1, 0.15) is 0 Å². The van der Waals surface area contributed by atoms with Gasteiger partial charge in [0.05, 0.1) is 0 Å². The largest absolute Gasteiger partial charge is 0.330 e. The second-order valence-corrected chi connectivity index (χ2v) is 7.06. The van der Waals surface area contributed by atoms with Crippen molar-refractivity contribution in [3.05, 3.63) is 35.9 Å². The number of likely N-dealkylation sites (N-methyl/N-ethyl adjacent to an activating group) is 1. The summed E-state index contributed by atoms with van der Waals surface area (Å²) in [6.07, 6.45) is 0. The van der Waals surface area contributed by atoms with Crippen LogP contribution >= 0.6 is 0 Å². The predicted molar refractivity (Wildman–Crippen MR) is 92.7 cm³/mol. The monoisotopic (exact) mass is 291 g/mol. The molecule has 1 atom stereocenters. The van der Waals surface area contributed by atoms with Gasteiger partial charge < -0.3 is 15.5 Å². The van der Waals surface area contributed by atoms with Crippen molar-refractivity contribution >= 4 is 0 Å². The highest BCUT2D eigenvalue weighted by Crippen LogP contribution is 2.24. The summed E-state index contributed by atoms with van der Waals surface area (Å²) in [6.45, 7) is 11.8. The summed E-state index contributed by atoms with van der Waals surface area (Å²) in [7, 11) is 4.26. The Balaban J connectivity index is 2.82. The zero-order chi connectivity index (χ0) is 15.9. The van der Waals surface area contributed by atoms with Crippen LogP contribution in [0, 0.1) is 5.92 Å². The molecular weight excluding hydrogens is 258 g/mol. The Morgan fingerprint density at radius 2 is 1.71 bits per heavy atom. The third-order valence-electron chi connectivity index (χ3n) is 3.98. The summed E-state index contributed by atoms with van der Waals surface area (Å²) in [5, 5.41) is 0. The summed E-state index contributed by atoms with van der Waals surface area (Å²) < 4.78 is 0. The summed E-state index contributed by atoms with van der Waals surface area (Å²) in [6, 6.07) is 10.7. The highest BCUT2D eigenvalue weighted by atomic mass is 15.2. The van der Waals surface area contributed by atoms with E-state index in [9.17, 15) is 0 Å². The van der Waals surface area contributed by atoms with Crippen molar-refractivity contribution in [2.24, 2.45) is 11.7 Å². The fraction of sp³-hybridized carbons (Fsp3) is 0.667. The van der Waals surface area contributed by atoms with Gasteiger partial charge in [0.25, 0.3) is 0 Å². The van der Waals surface area contributed by atoms with Crippen LogP contribution in [-0.2, 0) is 5.41 Å². The average molecular weight is 291 g/mol. The molecular formula is C18H33N3. The van der Waals surface area contributed by atoms with Crippen molar-refractivity contribution in [1.29, 1.82) is 0 Å². The fourth-order valence-electron chi connectivity index (χ4n) is 2.70. The highest BCUT2D eigenvalue weighted by Gasteiger charge is 2.27. The second kappa shape index (κ2) is 8.52. The zero-order valence-corrected chi connectivity index (χ0v) is 14.5. The maximum absolute atomic E-state index is 6.14. The number of rotatable bonds is 9. The maximum Gasteiger partial charge on any atom is 0.0174 e. The van der Waals surface area contributed by atoms with Crippen molar-refractivity contribution in [3.8, 4) is 0 Å². The molecule has 0 aliphatic rings. The van der Waals surface area contributed by atoms with E-state index in [1.807, 2.05) is 0 Å². The van der Waals surface area contributed by atoms with E-state index in [0.29, 0.717) is 12.5 Å². The number of nitrogens with zero attached hydrogens (tertiary/aromatic N) is 2. The number of benzene rings is 1. The summed E-state index contributed by atoms with van der Waals surface area (Å²) >= 11 is 0. The van der Waals surface area contributed by atoms with Crippen molar-refractivity contribution in [1.82, 2.24) is 9.80 Å². The normalized spacial score (nSPS) is 14.9. The third-order valence-corrected chi connectivity index (χ3v) is 3.98. The van der Waals surface area contributed by atoms with E-state index in [1.54, 1.807) is 0 Å². The van der Waals surface area contributed by atoms with Gasteiger partial charge in [-0.3, -0.25) is 0 Å². The van der Waals surface area contributed by atoms with E-state index in [4.69, 9.17) is 5.73 Å². The van der Waals surface area contributed by atoms with Gasteiger partial charge in [0.15, 0.2) is 0 Å². The number of hydrogen-bond acceptors (Lipinski definition) is 3. The number of hydrogen-bond donors (Lipinski definition) is 1. The molecule has 0 bridgehead atoms. The smallest absolute Gasteiger partial charge is 0.0174 e. The van der Waals surface area contributed by atoms with Crippen LogP contribution in [0.15, 0.2) is 30.3 Å². The molecule has 1 aromatic rings. The minimum atomic E-state index is 0.0163. The molecule has 21 heavy (non-hydrogen) atoms. The van der Waals surface area contributed by atoms with Crippen LogP contribution < -0.4 is 5.73 Å². The summed E-state index contributed by atoms with van der Waals surface area (Å²) in [5.74, 6) is 0.671. The van der Waals surface area contributed by atoms with E-state index in [0.717, 1.165) is 26.2 Å². The summed E-state index contributed by atoms with van der Waals surface area (Å²) in [4.78, 5) is 4.81. The van der Waals surface area contributed by atoms with Gasteiger partial charge in [0, 0.05) is 38.1 Å². The molecule has 0 heterocycles. The first-order valence-electron chi connectivity index (χ1n) is 8.00. The predicted octanol–water partition coefficient (Wildman–Crippen LogP) is 2.42. The van der Waals surface area contributed by atoms with Crippen LogP contribution in [-0.4, -0.2) is 56.6 Å². The highest BCUT2D eigenvalue weighted by molar-refractivity contribution is 5.25. The van der Waals surface area contributed by atoms with Gasteiger partial charge in [-0.2, -0.15) is 0 Å². The standard InChI is InChI=1S/C18H33N3/c1-16(2)13-21(12-11-20(4)5)15-18(3,14-19)17-9-7-6-8-10-17/h6-10,16H,11-15,19H2,1-5H3. The SMILES string of the molecule is CC(C)CN(CCN(C)C)CC(C)(CN)c1ccccc1. The fourth-order valence-corrected chi connectivity index (χ4v) is 2.70. The first kappa shape index (κ1) is 18.1. The van der Waals surface area contributed by atoms with Crippen LogP contribution in [0.1, 0.15) is 26.3 Å². The molecule has 120 valence electrons. The molecule has 0 saturated heterocycles. The Bertz CT molecular complexity index is 389. The molecule has 3 nitrogen and oxygen atoms in total. The molecule has 0 radical (unpaired) electrons. The minimum Gasteiger partial charge on any atom is -0.330 e. The third kappa shape index (κ3) is 6.16. The molecule has 1 aromatic carbocycles. The van der Waals surface area contributed by atoms with Crippen molar-refractivity contribution < 1.29 is 0 Å². The lowest BCUT2D eigenvalue weighted by Gasteiger charge is -2.36. The Kier molecular flexibility index (Phi) is 7.36. The van der Waals surface area contributed by atoms with E-state index >= 15 is 0 Å². The molecule has 0 aromatic heterocycles. The average Bonchev–Trinajstić information content (AvgIpc) is 2.45. The van der Waals surface area contributed by atoms with Crippen molar-refractivity contribution in [2.75, 3.05) is 46.8 Å². The molecule has 0 aliphatic heterocycles. The topological polar surface area (TPSA) is 32.5 Å². The van der Waals surface area contributed by atoms with E-state index in [-0.39, 0.29) is 5.41 Å². The lowest BCUT2D eigenvalue weighted by atomic mass is 9.82. The first-order valence-corrected chi connectivity index (χ1v) is 8.00. The zero-order valence-electron chi connectivity index (χ0n) is 14.5. The van der Waals surface area contributed by atoms with Crippen LogP contribution in [0.25, 0.3) is 0 Å². The molecule has 1 rings (SSSR count). The molecule has 3 heteroatoms. The van der Waals surface area contributed by atoms with Crippen molar-refractivity contribution in [2.45, 2.75) is 26.2 Å². The first-order chi connectivity index (χ1) is 9.87. The van der Waals surface area contributed by atoms with Gasteiger partial charge in [0.2, 0.25) is 0 Å². The van der Waals surface area contributed by atoms with Crippen LogP contribution in [0.3, 0.4) is 0 Å². The van der Waals surface area contributed by atoms with E-state index in [2.05, 4.69) is 75.0 Å². The lowest BCUT2D eigenvalue weighted by Crippen LogP contribution is -2.46. The van der Waals surface area contributed by atoms with Gasteiger partial charge in [-0.25, -0.2) is 0 Å². The molecule has 2 N–H and O–H groups in total. The molecule has 0 spiro atoms. The van der Waals surface area contributed by atoms with Gasteiger partial charge in [-0.1, -0.05) is 51.1 Å². The Morgan fingerprint density at radius 3 is 2.19 bits per heavy atom.